The Morgan fingerprint density at radius 3 is 3.00 bits per heavy atom. The van der Waals surface area contributed by atoms with E-state index in [1.54, 1.807) is 6.21 Å². The average Bonchev–Trinajstić information content (AvgIpc) is 1.90. The minimum absolute atomic E-state index is 0.150. The topological polar surface area (TPSA) is 61.7 Å². The van der Waals surface area contributed by atoms with Gasteiger partial charge >= 0.3 is 5.97 Å². The van der Waals surface area contributed by atoms with Crippen molar-refractivity contribution >= 4 is 12.2 Å². The van der Waals surface area contributed by atoms with Gasteiger partial charge in [0.15, 0.2) is 0 Å². The van der Waals surface area contributed by atoms with Crippen LogP contribution in [0.1, 0.15) is 0 Å². The molecule has 0 unspecified atom stereocenters. The SMILES string of the molecule is O=C(O)C1=CN=CCN1. The molecule has 48 valence electrons. The van der Waals surface area contributed by atoms with Gasteiger partial charge < -0.3 is 10.4 Å². The quantitative estimate of drug-likeness (QED) is 0.502. The van der Waals surface area contributed by atoms with Crippen LogP contribution >= 0.6 is 0 Å². The Balaban J connectivity index is 2.68. The second-order valence-corrected chi connectivity index (χ2v) is 1.56. The van der Waals surface area contributed by atoms with E-state index in [0.29, 0.717) is 6.54 Å². The van der Waals surface area contributed by atoms with E-state index in [2.05, 4.69) is 10.3 Å². The molecule has 0 atom stereocenters. The molecule has 0 amide bonds. The summed E-state index contributed by atoms with van der Waals surface area (Å²) in [7, 11) is 0. The number of carboxylic acid groups (broad SMARTS) is 1. The van der Waals surface area contributed by atoms with Crippen LogP contribution < -0.4 is 5.32 Å². The lowest BCUT2D eigenvalue weighted by Gasteiger charge is -2.04. The predicted octanol–water partition coefficient (Wildman–Crippen LogP) is -0.414. The largest absolute Gasteiger partial charge is 0.477 e. The molecule has 0 radical (unpaired) electrons. The highest BCUT2D eigenvalue weighted by atomic mass is 16.4. The summed E-state index contributed by atoms with van der Waals surface area (Å²) in [6.45, 7) is 0.498. The first-order valence-electron chi connectivity index (χ1n) is 2.49. The Morgan fingerprint density at radius 2 is 2.67 bits per heavy atom. The molecule has 4 nitrogen and oxygen atoms in total. The molecular weight excluding hydrogens is 120 g/mol. The summed E-state index contributed by atoms with van der Waals surface area (Å²) >= 11 is 0. The van der Waals surface area contributed by atoms with E-state index in [1.165, 1.54) is 6.20 Å². The van der Waals surface area contributed by atoms with Crippen molar-refractivity contribution in [2.75, 3.05) is 6.54 Å². The van der Waals surface area contributed by atoms with Gasteiger partial charge in [-0.2, -0.15) is 0 Å². The van der Waals surface area contributed by atoms with Crippen LogP contribution in [0.4, 0.5) is 0 Å². The predicted molar refractivity (Wildman–Crippen MR) is 32.2 cm³/mol. The maximum Gasteiger partial charge on any atom is 0.353 e. The molecule has 0 bridgehead atoms. The fourth-order valence-electron chi connectivity index (χ4n) is 0.512. The maximum atomic E-state index is 10.1. The van der Waals surface area contributed by atoms with Gasteiger partial charge in [0, 0.05) is 6.21 Å². The first-order valence-corrected chi connectivity index (χ1v) is 2.49. The van der Waals surface area contributed by atoms with E-state index < -0.39 is 5.97 Å². The summed E-state index contributed by atoms with van der Waals surface area (Å²) < 4.78 is 0. The number of rotatable bonds is 1. The molecule has 0 aromatic rings. The summed E-state index contributed by atoms with van der Waals surface area (Å²) in [4.78, 5) is 13.8. The number of carbonyl (C=O) groups is 1. The van der Waals surface area contributed by atoms with Crippen molar-refractivity contribution in [2.45, 2.75) is 0 Å². The first-order chi connectivity index (χ1) is 4.30. The molecule has 0 spiro atoms. The lowest BCUT2D eigenvalue weighted by Crippen LogP contribution is -2.24. The van der Waals surface area contributed by atoms with Gasteiger partial charge in [-0.05, 0) is 0 Å². The van der Waals surface area contributed by atoms with Crippen molar-refractivity contribution < 1.29 is 9.90 Å². The third kappa shape index (κ3) is 1.28. The molecule has 1 aliphatic rings. The lowest BCUT2D eigenvalue weighted by atomic mass is 10.4. The number of nitrogens with zero attached hydrogens (tertiary/aromatic N) is 1. The van der Waals surface area contributed by atoms with Crippen LogP contribution in [-0.4, -0.2) is 23.8 Å². The molecule has 1 heterocycles. The van der Waals surface area contributed by atoms with Crippen LogP contribution in [0.2, 0.25) is 0 Å². The smallest absolute Gasteiger partial charge is 0.353 e. The van der Waals surface area contributed by atoms with Gasteiger partial charge in [-0.1, -0.05) is 0 Å². The van der Waals surface area contributed by atoms with E-state index in [0.717, 1.165) is 0 Å². The van der Waals surface area contributed by atoms with Crippen molar-refractivity contribution in [1.29, 1.82) is 0 Å². The van der Waals surface area contributed by atoms with Gasteiger partial charge in [0.05, 0.1) is 12.7 Å². The van der Waals surface area contributed by atoms with Crippen molar-refractivity contribution in [2.24, 2.45) is 4.99 Å². The third-order valence-corrected chi connectivity index (χ3v) is 0.923. The van der Waals surface area contributed by atoms with Crippen LogP contribution in [0, 0.1) is 0 Å². The second-order valence-electron chi connectivity index (χ2n) is 1.56. The Morgan fingerprint density at radius 1 is 1.89 bits per heavy atom. The summed E-state index contributed by atoms with van der Waals surface area (Å²) in [5.74, 6) is -0.966. The van der Waals surface area contributed by atoms with Crippen molar-refractivity contribution in [3.8, 4) is 0 Å². The van der Waals surface area contributed by atoms with E-state index in [-0.39, 0.29) is 5.70 Å². The van der Waals surface area contributed by atoms with Crippen molar-refractivity contribution in [3.05, 3.63) is 11.9 Å². The summed E-state index contributed by atoms with van der Waals surface area (Å²) in [6.07, 6.45) is 2.89. The fourth-order valence-corrected chi connectivity index (χ4v) is 0.512. The zero-order valence-corrected chi connectivity index (χ0v) is 4.66. The van der Waals surface area contributed by atoms with Gasteiger partial charge in [-0.3, -0.25) is 4.99 Å². The molecule has 0 fully saturated rings. The van der Waals surface area contributed by atoms with Gasteiger partial charge in [0.25, 0.3) is 0 Å². The molecule has 0 saturated carbocycles. The van der Waals surface area contributed by atoms with E-state index in [4.69, 9.17) is 5.11 Å². The van der Waals surface area contributed by atoms with Crippen LogP contribution in [-0.2, 0) is 4.79 Å². The molecule has 2 N–H and O–H groups in total. The van der Waals surface area contributed by atoms with Gasteiger partial charge in [0.2, 0.25) is 0 Å². The normalized spacial score (nSPS) is 16.2. The van der Waals surface area contributed by atoms with Gasteiger partial charge in [-0.25, -0.2) is 4.79 Å². The lowest BCUT2D eigenvalue weighted by molar-refractivity contribution is -0.133. The Kier molecular flexibility index (Phi) is 1.48. The minimum Gasteiger partial charge on any atom is -0.477 e. The number of aliphatic carboxylic acids is 1. The van der Waals surface area contributed by atoms with Gasteiger partial charge in [-0.15, -0.1) is 0 Å². The number of nitrogens with one attached hydrogen (secondary N) is 1. The number of aliphatic imine (C=N–C) groups is 1. The van der Waals surface area contributed by atoms with Crippen LogP contribution in [0.15, 0.2) is 16.9 Å². The average molecular weight is 126 g/mol. The van der Waals surface area contributed by atoms with Crippen LogP contribution in [0.3, 0.4) is 0 Å². The number of hydrogen-bond donors (Lipinski definition) is 2. The molecule has 0 aromatic carbocycles. The summed E-state index contributed by atoms with van der Waals surface area (Å²) in [5.41, 5.74) is 0.150. The van der Waals surface area contributed by atoms with Gasteiger partial charge in [0.1, 0.15) is 5.70 Å². The molecule has 4 heteroatoms. The Bertz CT molecular complexity index is 183. The molecule has 1 rings (SSSR count). The fraction of sp³-hybridized carbons (Fsp3) is 0.200. The zero-order chi connectivity index (χ0) is 6.69. The third-order valence-electron chi connectivity index (χ3n) is 0.923. The standard InChI is InChI=1S/C5H6N2O2/c8-5(9)4-3-6-1-2-7-4/h1,3,7H,2H2,(H,8,9). The molecule has 0 aromatic heterocycles. The second kappa shape index (κ2) is 2.30. The molecular formula is C5H6N2O2. The molecule has 1 aliphatic heterocycles. The van der Waals surface area contributed by atoms with E-state index in [9.17, 15) is 4.79 Å². The highest BCUT2D eigenvalue weighted by Gasteiger charge is 2.05. The van der Waals surface area contributed by atoms with Crippen molar-refractivity contribution in [1.82, 2.24) is 5.32 Å². The number of hydrogen-bond acceptors (Lipinski definition) is 3. The molecule has 0 saturated heterocycles. The monoisotopic (exact) mass is 126 g/mol. The number of carboxylic acids is 1. The highest BCUT2D eigenvalue weighted by Crippen LogP contribution is 1.91. The first kappa shape index (κ1) is 5.81. The molecule has 0 aliphatic carbocycles. The van der Waals surface area contributed by atoms with Crippen molar-refractivity contribution in [3.63, 3.8) is 0 Å². The van der Waals surface area contributed by atoms with E-state index in [1.807, 2.05) is 0 Å². The molecule has 9 heavy (non-hydrogen) atoms. The van der Waals surface area contributed by atoms with Crippen LogP contribution in [0.25, 0.3) is 0 Å². The zero-order valence-electron chi connectivity index (χ0n) is 4.66. The van der Waals surface area contributed by atoms with Crippen LogP contribution in [0.5, 0.6) is 0 Å². The summed E-state index contributed by atoms with van der Waals surface area (Å²) in [5, 5.41) is 11.0. The van der Waals surface area contributed by atoms with E-state index >= 15 is 0 Å². The minimum atomic E-state index is -0.966. The highest BCUT2D eigenvalue weighted by molar-refractivity contribution is 5.87. The Labute approximate surface area is 51.9 Å². The maximum absolute atomic E-state index is 10.1. The Hall–Kier alpha value is -1.32. The summed E-state index contributed by atoms with van der Waals surface area (Å²) in [6, 6.07) is 0.